The number of nitrogens with two attached hydrogens (primary N) is 1. The zero-order chi connectivity index (χ0) is 11.4. The molecule has 0 amide bonds. The van der Waals surface area contributed by atoms with Gasteiger partial charge in [-0.25, -0.2) is 8.42 Å². The van der Waals surface area contributed by atoms with Crippen LogP contribution in [0.1, 0.15) is 13.8 Å². The van der Waals surface area contributed by atoms with Gasteiger partial charge in [-0.3, -0.25) is 0 Å². The molecule has 2 N–H and O–H groups in total. The van der Waals surface area contributed by atoms with E-state index in [1.165, 1.54) is 18.5 Å². The molecule has 0 rings (SSSR count). The molecule has 0 aliphatic rings. The van der Waals surface area contributed by atoms with Crippen molar-refractivity contribution < 1.29 is 13.2 Å². The maximum atomic E-state index is 11.7. The SMILES string of the molecule is COCCS(=O)(=O)N(C)C(C)(C)CN. The van der Waals surface area contributed by atoms with Crippen molar-refractivity contribution >= 4 is 10.0 Å². The van der Waals surface area contributed by atoms with Crippen molar-refractivity contribution in [3.05, 3.63) is 0 Å². The van der Waals surface area contributed by atoms with Gasteiger partial charge in [-0.15, -0.1) is 0 Å². The average Bonchev–Trinajstić information content (AvgIpc) is 2.13. The maximum Gasteiger partial charge on any atom is 0.216 e. The standard InChI is InChI=1S/C8H20N2O3S/c1-8(2,7-9)10(3)14(11,12)6-5-13-4/h5-7,9H2,1-4H3. The summed E-state index contributed by atoms with van der Waals surface area (Å²) in [7, 11) is -0.249. The summed E-state index contributed by atoms with van der Waals surface area (Å²) in [5.74, 6) is -0.0105. The molecule has 86 valence electrons. The summed E-state index contributed by atoms with van der Waals surface area (Å²) >= 11 is 0. The first-order valence-corrected chi connectivity index (χ1v) is 6.04. The van der Waals surface area contributed by atoms with E-state index in [2.05, 4.69) is 0 Å². The zero-order valence-corrected chi connectivity index (χ0v) is 10.1. The molecule has 0 unspecified atom stereocenters. The fourth-order valence-corrected chi connectivity index (χ4v) is 2.31. The monoisotopic (exact) mass is 224 g/mol. The van der Waals surface area contributed by atoms with Gasteiger partial charge in [0.1, 0.15) is 0 Å². The van der Waals surface area contributed by atoms with Gasteiger partial charge in [-0.05, 0) is 13.8 Å². The quantitative estimate of drug-likeness (QED) is 0.668. The topological polar surface area (TPSA) is 72.6 Å². The van der Waals surface area contributed by atoms with Gasteiger partial charge in [-0.2, -0.15) is 4.31 Å². The van der Waals surface area contributed by atoms with Gasteiger partial charge >= 0.3 is 0 Å². The molecule has 0 saturated heterocycles. The minimum Gasteiger partial charge on any atom is -0.384 e. The lowest BCUT2D eigenvalue weighted by molar-refractivity contribution is 0.212. The number of hydrogen-bond acceptors (Lipinski definition) is 4. The Morgan fingerprint density at radius 1 is 1.43 bits per heavy atom. The molecule has 0 radical (unpaired) electrons. The summed E-state index contributed by atoms with van der Waals surface area (Å²) in [6.07, 6.45) is 0. The summed E-state index contributed by atoms with van der Waals surface area (Å²) in [5, 5.41) is 0. The third-order valence-corrected chi connectivity index (χ3v) is 4.33. The molecule has 0 heterocycles. The predicted octanol–water partition coefficient (Wildman–Crippen LogP) is -0.368. The van der Waals surface area contributed by atoms with E-state index in [-0.39, 0.29) is 18.9 Å². The Hall–Kier alpha value is -0.170. The van der Waals surface area contributed by atoms with E-state index in [0.717, 1.165) is 0 Å². The summed E-state index contributed by atoms with van der Waals surface area (Å²) in [6.45, 7) is 4.07. The molecular formula is C8H20N2O3S. The molecule has 0 spiro atoms. The van der Waals surface area contributed by atoms with E-state index in [1.807, 2.05) is 0 Å². The van der Waals surface area contributed by atoms with E-state index in [0.29, 0.717) is 0 Å². The van der Waals surface area contributed by atoms with Crippen molar-refractivity contribution in [3.8, 4) is 0 Å². The summed E-state index contributed by atoms with van der Waals surface area (Å²) in [6, 6.07) is 0. The average molecular weight is 224 g/mol. The van der Waals surface area contributed by atoms with E-state index < -0.39 is 15.6 Å². The molecule has 0 atom stereocenters. The Balaban J connectivity index is 4.59. The highest BCUT2D eigenvalue weighted by Crippen LogP contribution is 2.15. The first-order chi connectivity index (χ1) is 6.28. The van der Waals surface area contributed by atoms with Crippen molar-refractivity contribution in [1.82, 2.24) is 4.31 Å². The number of nitrogens with zero attached hydrogens (tertiary/aromatic N) is 1. The number of likely N-dealkylation sites (N-methyl/N-ethyl adjacent to an activating group) is 1. The zero-order valence-electron chi connectivity index (χ0n) is 9.28. The van der Waals surface area contributed by atoms with Gasteiger partial charge in [0.25, 0.3) is 0 Å². The maximum absolute atomic E-state index is 11.7. The first-order valence-electron chi connectivity index (χ1n) is 4.43. The number of hydrogen-bond donors (Lipinski definition) is 1. The van der Waals surface area contributed by atoms with E-state index in [4.69, 9.17) is 10.5 Å². The lowest BCUT2D eigenvalue weighted by Crippen LogP contribution is -2.50. The largest absolute Gasteiger partial charge is 0.384 e. The minimum atomic E-state index is -3.26. The van der Waals surface area contributed by atoms with E-state index in [1.54, 1.807) is 13.8 Å². The Bertz CT molecular complexity index is 262. The van der Waals surface area contributed by atoms with Crippen LogP contribution >= 0.6 is 0 Å². The Morgan fingerprint density at radius 2 is 1.93 bits per heavy atom. The van der Waals surface area contributed by atoms with Gasteiger partial charge in [-0.1, -0.05) is 0 Å². The van der Waals surface area contributed by atoms with Crippen LogP contribution in [0.25, 0.3) is 0 Å². The van der Waals surface area contributed by atoms with Gasteiger partial charge < -0.3 is 10.5 Å². The molecule has 0 aromatic heterocycles. The number of methoxy groups -OCH3 is 1. The van der Waals surface area contributed by atoms with Crippen molar-refractivity contribution in [2.24, 2.45) is 5.73 Å². The third-order valence-electron chi connectivity index (χ3n) is 2.31. The molecule has 5 nitrogen and oxygen atoms in total. The number of rotatable bonds is 6. The number of sulfonamides is 1. The van der Waals surface area contributed by atoms with Crippen LogP contribution in [0.3, 0.4) is 0 Å². The first kappa shape index (κ1) is 13.8. The van der Waals surface area contributed by atoms with Crippen molar-refractivity contribution in [1.29, 1.82) is 0 Å². The van der Waals surface area contributed by atoms with Crippen LogP contribution in [0, 0.1) is 0 Å². The van der Waals surface area contributed by atoms with Crippen LogP contribution in [-0.4, -0.2) is 51.3 Å². The molecule has 6 heteroatoms. The van der Waals surface area contributed by atoms with Crippen LogP contribution in [0.5, 0.6) is 0 Å². The van der Waals surface area contributed by atoms with Crippen LogP contribution in [0.2, 0.25) is 0 Å². The molecule has 0 fully saturated rings. The van der Waals surface area contributed by atoms with Crippen molar-refractivity contribution in [2.45, 2.75) is 19.4 Å². The van der Waals surface area contributed by atoms with Gasteiger partial charge in [0.05, 0.1) is 12.4 Å². The molecule has 0 aliphatic heterocycles. The van der Waals surface area contributed by atoms with Crippen LogP contribution in [0.4, 0.5) is 0 Å². The Kier molecular flexibility index (Phi) is 5.00. The highest BCUT2D eigenvalue weighted by Gasteiger charge is 2.31. The van der Waals surface area contributed by atoms with Crippen molar-refractivity contribution in [3.63, 3.8) is 0 Å². The molecule has 0 aliphatic carbocycles. The van der Waals surface area contributed by atoms with Crippen LogP contribution in [-0.2, 0) is 14.8 Å². The highest BCUT2D eigenvalue weighted by atomic mass is 32.2. The van der Waals surface area contributed by atoms with Gasteiger partial charge in [0.2, 0.25) is 10.0 Å². The summed E-state index contributed by atoms with van der Waals surface area (Å²) in [4.78, 5) is 0. The molecular weight excluding hydrogens is 204 g/mol. The number of ether oxygens (including phenoxy) is 1. The Labute approximate surface area is 86.3 Å². The highest BCUT2D eigenvalue weighted by molar-refractivity contribution is 7.89. The van der Waals surface area contributed by atoms with Gasteiger partial charge in [0.15, 0.2) is 0 Å². The minimum absolute atomic E-state index is 0.0105. The summed E-state index contributed by atoms with van der Waals surface area (Å²) in [5.41, 5.74) is 4.95. The Morgan fingerprint density at radius 3 is 2.29 bits per heavy atom. The normalized spacial score (nSPS) is 13.6. The lowest BCUT2D eigenvalue weighted by atomic mass is 10.1. The molecule has 0 saturated carbocycles. The van der Waals surface area contributed by atoms with Crippen LogP contribution < -0.4 is 5.73 Å². The lowest BCUT2D eigenvalue weighted by Gasteiger charge is -2.33. The molecule has 14 heavy (non-hydrogen) atoms. The van der Waals surface area contributed by atoms with E-state index in [9.17, 15) is 8.42 Å². The summed E-state index contributed by atoms with van der Waals surface area (Å²) < 4.78 is 29.4. The van der Waals surface area contributed by atoms with Gasteiger partial charge in [0, 0.05) is 26.2 Å². The predicted molar refractivity (Wildman–Crippen MR) is 56.6 cm³/mol. The van der Waals surface area contributed by atoms with Crippen molar-refractivity contribution in [2.75, 3.05) is 33.1 Å². The molecule has 0 aromatic carbocycles. The fourth-order valence-electron chi connectivity index (χ4n) is 0.831. The molecule has 0 aromatic rings. The molecule has 0 bridgehead atoms. The van der Waals surface area contributed by atoms with E-state index >= 15 is 0 Å². The fraction of sp³-hybridized carbons (Fsp3) is 1.00. The second-order valence-corrected chi connectivity index (χ2v) is 5.91. The second-order valence-electron chi connectivity index (χ2n) is 3.79. The second kappa shape index (κ2) is 5.06. The smallest absolute Gasteiger partial charge is 0.216 e. The third kappa shape index (κ3) is 3.53. The van der Waals surface area contributed by atoms with Crippen LogP contribution in [0.15, 0.2) is 0 Å².